The molecule has 2 atom stereocenters. The van der Waals surface area contributed by atoms with Gasteiger partial charge in [-0.1, -0.05) is 18.5 Å². The monoisotopic (exact) mass is 225 g/mol. The second kappa shape index (κ2) is 4.35. The van der Waals surface area contributed by atoms with E-state index in [4.69, 9.17) is 11.6 Å². The van der Waals surface area contributed by atoms with E-state index in [2.05, 4.69) is 28.9 Å². The predicted octanol–water partition coefficient (Wildman–Crippen LogP) is 2.75. The van der Waals surface area contributed by atoms with Gasteiger partial charge in [0.2, 0.25) is 0 Å². The molecule has 2 heterocycles. The third kappa shape index (κ3) is 2.23. The first-order chi connectivity index (χ1) is 7.18. The van der Waals surface area contributed by atoms with Crippen molar-refractivity contribution in [1.82, 2.24) is 10.2 Å². The van der Waals surface area contributed by atoms with Crippen molar-refractivity contribution in [2.24, 2.45) is 5.92 Å². The minimum absolute atomic E-state index is 0.455. The third-order valence-corrected chi connectivity index (χ3v) is 3.49. The van der Waals surface area contributed by atoms with Crippen molar-refractivity contribution in [3.8, 4) is 0 Å². The fourth-order valence-corrected chi connectivity index (χ4v) is 2.22. The van der Waals surface area contributed by atoms with Crippen LogP contribution in [0.3, 0.4) is 0 Å². The van der Waals surface area contributed by atoms with Gasteiger partial charge in [0.25, 0.3) is 0 Å². The molecular formula is C11H16ClN3. The summed E-state index contributed by atoms with van der Waals surface area (Å²) < 4.78 is 0. The van der Waals surface area contributed by atoms with E-state index >= 15 is 0 Å². The van der Waals surface area contributed by atoms with Crippen LogP contribution in [0.15, 0.2) is 12.1 Å². The van der Waals surface area contributed by atoms with E-state index < -0.39 is 0 Å². The van der Waals surface area contributed by atoms with Gasteiger partial charge >= 0.3 is 0 Å². The summed E-state index contributed by atoms with van der Waals surface area (Å²) in [5.74, 6) is 1.66. The quantitative estimate of drug-likeness (QED) is 0.736. The van der Waals surface area contributed by atoms with Gasteiger partial charge in [-0.2, -0.15) is 0 Å². The molecule has 1 saturated heterocycles. The Morgan fingerprint density at radius 1 is 1.33 bits per heavy atom. The largest absolute Gasteiger partial charge is 0.352 e. The van der Waals surface area contributed by atoms with Crippen LogP contribution in [0.5, 0.6) is 0 Å². The Kier molecular flexibility index (Phi) is 3.10. The predicted molar refractivity (Wildman–Crippen MR) is 62.2 cm³/mol. The molecule has 1 aromatic heterocycles. The van der Waals surface area contributed by atoms with Crippen LogP contribution in [-0.2, 0) is 0 Å². The van der Waals surface area contributed by atoms with Crippen LogP contribution in [-0.4, -0.2) is 22.8 Å². The Morgan fingerprint density at radius 3 is 2.80 bits per heavy atom. The van der Waals surface area contributed by atoms with Crippen LogP contribution in [0.25, 0.3) is 0 Å². The molecule has 0 aliphatic carbocycles. The maximum atomic E-state index is 5.72. The van der Waals surface area contributed by atoms with Crippen molar-refractivity contribution < 1.29 is 0 Å². The van der Waals surface area contributed by atoms with Crippen LogP contribution >= 0.6 is 11.6 Å². The zero-order chi connectivity index (χ0) is 10.8. The number of piperidine rings is 1. The molecule has 4 heteroatoms. The zero-order valence-corrected chi connectivity index (χ0v) is 9.91. The topological polar surface area (TPSA) is 29.0 Å². The molecule has 3 nitrogen and oxygen atoms in total. The molecular weight excluding hydrogens is 210 g/mol. The second-order valence-corrected chi connectivity index (χ2v) is 4.66. The standard InChI is InChI=1S/C11H16ClN3/c1-8-4-3-7-15(9(8)2)11-6-5-10(12)13-14-11/h5-6,8-9H,3-4,7H2,1-2H3. The molecule has 0 N–H and O–H groups in total. The van der Waals surface area contributed by atoms with Gasteiger partial charge in [0, 0.05) is 12.6 Å². The third-order valence-electron chi connectivity index (χ3n) is 3.29. The Bertz CT molecular complexity index is 325. The SMILES string of the molecule is CC1CCCN(c2ccc(Cl)nn2)C1C. The molecule has 0 saturated carbocycles. The molecule has 0 bridgehead atoms. The second-order valence-electron chi connectivity index (χ2n) is 4.27. The average molecular weight is 226 g/mol. The van der Waals surface area contributed by atoms with Crippen LogP contribution < -0.4 is 4.90 Å². The summed E-state index contributed by atoms with van der Waals surface area (Å²) in [5, 5.41) is 8.47. The van der Waals surface area contributed by atoms with Gasteiger partial charge in [-0.3, -0.25) is 0 Å². The molecule has 82 valence electrons. The normalized spacial score (nSPS) is 26.7. The van der Waals surface area contributed by atoms with Gasteiger partial charge in [0.1, 0.15) is 0 Å². The van der Waals surface area contributed by atoms with Crippen molar-refractivity contribution in [3.63, 3.8) is 0 Å². The molecule has 1 aliphatic heterocycles. The molecule has 15 heavy (non-hydrogen) atoms. The number of halogens is 1. The number of rotatable bonds is 1. The maximum Gasteiger partial charge on any atom is 0.151 e. The number of hydrogen-bond acceptors (Lipinski definition) is 3. The van der Waals surface area contributed by atoms with Crippen molar-refractivity contribution >= 4 is 17.4 Å². The summed E-state index contributed by atoms with van der Waals surface area (Å²) in [6.45, 7) is 5.61. The summed E-state index contributed by atoms with van der Waals surface area (Å²) in [7, 11) is 0. The van der Waals surface area contributed by atoms with E-state index in [0.29, 0.717) is 11.2 Å². The molecule has 0 amide bonds. The van der Waals surface area contributed by atoms with E-state index in [9.17, 15) is 0 Å². The number of nitrogens with zero attached hydrogens (tertiary/aromatic N) is 3. The van der Waals surface area contributed by atoms with E-state index in [-0.39, 0.29) is 0 Å². The smallest absolute Gasteiger partial charge is 0.151 e. The minimum atomic E-state index is 0.455. The number of hydrogen-bond donors (Lipinski definition) is 0. The maximum absolute atomic E-state index is 5.72. The van der Waals surface area contributed by atoms with E-state index in [1.807, 2.05) is 6.07 Å². The lowest BCUT2D eigenvalue weighted by molar-refractivity contribution is 0.361. The lowest BCUT2D eigenvalue weighted by Gasteiger charge is -2.38. The first kappa shape index (κ1) is 10.7. The number of aromatic nitrogens is 2. The lowest BCUT2D eigenvalue weighted by atomic mass is 9.92. The summed E-state index contributed by atoms with van der Waals surface area (Å²) >= 11 is 5.72. The summed E-state index contributed by atoms with van der Waals surface area (Å²) in [6.07, 6.45) is 2.54. The fourth-order valence-electron chi connectivity index (χ4n) is 2.12. The zero-order valence-electron chi connectivity index (χ0n) is 9.15. The molecule has 0 spiro atoms. The highest BCUT2D eigenvalue weighted by molar-refractivity contribution is 6.29. The highest BCUT2D eigenvalue weighted by Crippen LogP contribution is 2.26. The first-order valence-electron chi connectivity index (χ1n) is 5.44. The molecule has 2 rings (SSSR count). The molecule has 1 aliphatic rings. The van der Waals surface area contributed by atoms with Gasteiger partial charge in [-0.05, 0) is 37.8 Å². The minimum Gasteiger partial charge on any atom is -0.352 e. The van der Waals surface area contributed by atoms with Crippen LogP contribution in [0.4, 0.5) is 5.82 Å². The highest BCUT2D eigenvalue weighted by Gasteiger charge is 2.25. The number of anilines is 1. The molecule has 1 fully saturated rings. The van der Waals surface area contributed by atoms with E-state index in [1.165, 1.54) is 12.8 Å². The van der Waals surface area contributed by atoms with Crippen molar-refractivity contribution in [3.05, 3.63) is 17.3 Å². The van der Waals surface area contributed by atoms with Gasteiger partial charge in [0.05, 0.1) is 0 Å². The Morgan fingerprint density at radius 2 is 2.13 bits per heavy atom. The fraction of sp³-hybridized carbons (Fsp3) is 0.636. The van der Waals surface area contributed by atoms with Gasteiger partial charge in [-0.15, -0.1) is 10.2 Å². The summed E-state index contributed by atoms with van der Waals surface area (Å²) in [6, 6.07) is 4.29. The van der Waals surface area contributed by atoms with Crippen molar-refractivity contribution in [2.45, 2.75) is 32.7 Å². The first-order valence-corrected chi connectivity index (χ1v) is 5.82. The van der Waals surface area contributed by atoms with E-state index in [0.717, 1.165) is 18.3 Å². The summed E-state index contributed by atoms with van der Waals surface area (Å²) in [4.78, 5) is 2.32. The molecule has 0 aromatic carbocycles. The average Bonchev–Trinajstić information content (AvgIpc) is 2.24. The molecule has 1 aromatic rings. The van der Waals surface area contributed by atoms with Gasteiger partial charge < -0.3 is 4.90 Å². The van der Waals surface area contributed by atoms with E-state index in [1.54, 1.807) is 6.07 Å². The Hall–Kier alpha value is -0.830. The van der Waals surface area contributed by atoms with Crippen molar-refractivity contribution in [1.29, 1.82) is 0 Å². The van der Waals surface area contributed by atoms with Gasteiger partial charge in [0.15, 0.2) is 11.0 Å². The van der Waals surface area contributed by atoms with Crippen molar-refractivity contribution in [2.75, 3.05) is 11.4 Å². The van der Waals surface area contributed by atoms with Crippen LogP contribution in [0, 0.1) is 5.92 Å². The Labute approximate surface area is 95.5 Å². The van der Waals surface area contributed by atoms with Crippen LogP contribution in [0.1, 0.15) is 26.7 Å². The lowest BCUT2D eigenvalue weighted by Crippen LogP contribution is -2.42. The highest BCUT2D eigenvalue weighted by atomic mass is 35.5. The molecule has 0 radical (unpaired) electrons. The summed E-state index contributed by atoms with van der Waals surface area (Å²) in [5.41, 5.74) is 0. The van der Waals surface area contributed by atoms with Crippen LogP contribution in [0.2, 0.25) is 5.15 Å². The molecule has 2 unspecified atom stereocenters. The van der Waals surface area contributed by atoms with Gasteiger partial charge in [-0.25, -0.2) is 0 Å². The Balaban J connectivity index is 2.18.